The van der Waals surface area contributed by atoms with E-state index in [1.165, 1.54) is 12.8 Å². The monoisotopic (exact) mass is 272 g/mol. The molecule has 1 fully saturated rings. The van der Waals surface area contributed by atoms with E-state index in [4.69, 9.17) is 0 Å². The SMILES string of the molecule is CN(c1nnnn1-c1ccccc1)C1CCCNCC1. The van der Waals surface area contributed by atoms with Gasteiger partial charge in [0.2, 0.25) is 5.95 Å². The Morgan fingerprint density at radius 1 is 1.20 bits per heavy atom. The second-order valence-corrected chi connectivity index (χ2v) is 5.17. The maximum atomic E-state index is 4.21. The second-order valence-electron chi connectivity index (χ2n) is 5.17. The largest absolute Gasteiger partial charge is 0.339 e. The molecule has 0 radical (unpaired) electrons. The first kappa shape index (κ1) is 13.1. The summed E-state index contributed by atoms with van der Waals surface area (Å²) in [5.41, 5.74) is 0.992. The van der Waals surface area contributed by atoms with Crippen LogP contribution in [-0.2, 0) is 0 Å². The maximum absolute atomic E-state index is 4.21. The molecule has 1 unspecified atom stereocenters. The van der Waals surface area contributed by atoms with Crippen LogP contribution in [0.5, 0.6) is 0 Å². The van der Waals surface area contributed by atoms with Crippen LogP contribution in [0.25, 0.3) is 5.69 Å². The lowest BCUT2D eigenvalue weighted by Gasteiger charge is -2.27. The Balaban J connectivity index is 1.85. The number of anilines is 1. The van der Waals surface area contributed by atoms with Gasteiger partial charge in [0.25, 0.3) is 0 Å². The van der Waals surface area contributed by atoms with E-state index in [0.717, 1.165) is 31.1 Å². The fraction of sp³-hybridized carbons (Fsp3) is 0.500. The molecule has 1 aliphatic rings. The van der Waals surface area contributed by atoms with Crippen LogP contribution in [0.1, 0.15) is 19.3 Å². The molecule has 20 heavy (non-hydrogen) atoms. The van der Waals surface area contributed by atoms with Crippen molar-refractivity contribution in [2.45, 2.75) is 25.3 Å². The zero-order valence-corrected chi connectivity index (χ0v) is 11.7. The third-order valence-corrected chi connectivity index (χ3v) is 3.86. The Morgan fingerprint density at radius 3 is 2.90 bits per heavy atom. The highest BCUT2D eigenvalue weighted by Gasteiger charge is 2.22. The smallest absolute Gasteiger partial charge is 0.250 e. The van der Waals surface area contributed by atoms with Gasteiger partial charge in [0.05, 0.1) is 5.69 Å². The number of hydrogen-bond donors (Lipinski definition) is 1. The van der Waals surface area contributed by atoms with E-state index in [0.29, 0.717) is 6.04 Å². The molecular formula is C14H20N6. The molecule has 0 saturated carbocycles. The molecule has 1 aromatic heterocycles. The summed E-state index contributed by atoms with van der Waals surface area (Å²) in [6, 6.07) is 10.5. The lowest BCUT2D eigenvalue weighted by Crippen LogP contribution is -2.34. The molecule has 0 bridgehead atoms. The standard InChI is InChI=1S/C14H20N6/c1-19(12-8-5-10-15-11-9-12)14-16-17-18-20(14)13-6-3-2-4-7-13/h2-4,6-7,12,15H,5,8-11H2,1H3. The van der Waals surface area contributed by atoms with Gasteiger partial charge in [-0.3, -0.25) is 0 Å². The summed E-state index contributed by atoms with van der Waals surface area (Å²) in [5, 5.41) is 15.6. The summed E-state index contributed by atoms with van der Waals surface area (Å²) < 4.78 is 1.80. The molecule has 1 aromatic carbocycles. The third-order valence-electron chi connectivity index (χ3n) is 3.86. The summed E-state index contributed by atoms with van der Waals surface area (Å²) in [6.07, 6.45) is 3.49. The number of benzene rings is 1. The van der Waals surface area contributed by atoms with Gasteiger partial charge in [-0.1, -0.05) is 23.3 Å². The van der Waals surface area contributed by atoms with Gasteiger partial charge in [-0.05, 0) is 54.9 Å². The van der Waals surface area contributed by atoms with Gasteiger partial charge in [0, 0.05) is 13.1 Å². The van der Waals surface area contributed by atoms with Crippen LogP contribution in [0.4, 0.5) is 5.95 Å². The van der Waals surface area contributed by atoms with Crippen molar-refractivity contribution in [3.63, 3.8) is 0 Å². The molecule has 3 rings (SSSR count). The van der Waals surface area contributed by atoms with Crippen LogP contribution in [-0.4, -0.2) is 46.4 Å². The Hall–Kier alpha value is -1.95. The Bertz CT molecular complexity index is 530. The number of nitrogens with one attached hydrogen (secondary N) is 1. The zero-order chi connectivity index (χ0) is 13.8. The van der Waals surface area contributed by atoms with Crippen molar-refractivity contribution in [3.05, 3.63) is 30.3 Å². The lowest BCUT2D eigenvalue weighted by molar-refractivity contribution is 0.553. The van der Waals surface area contributed by atoms with Crippen molar-refractivity contribution in [1.29, 1.82) is 0 Å². The maximum Gasteiger partial charge on any atom is 0.250 e. The molecule has 0 amide bonds. The summed E-state index contributed by atoms with van der Waals surface area (Å²) in [7, 11) is 2.08. The van der Waals surface area contributed by atoms with Gasteiger partial charge < -0.3 is 10.2 Å². The van der Waals surface area contributed by atoms with Crippen molar-refractivity contribution >= 4 is 5.95 Å². The zero-order valence-electron chi connectivity index (χ0n) is 11.7. The molecule has 2 heterocycles. The van der Waals surface area contributed by atoms with E-state index in [-0.39, 0.29) is 0 Å². The lowest BCUT2D eigenvalue weighted by atomic mass is 10.1. The van der Waals surface area contributed by atoms with Crippen molar-refractivity contribution in [3.8, 4) is 5.69 Å². The van der Waals surface area contributed by atoms with E-state index in [1.54, 1.807) is 4.68 Å². The van der Waals surface area contributed by atoms with Crippen LogP contribution >= 0.6 is 0 Å². The predicted molar refractivity (Wildman–Crippen MR) is 78.1 cm³/mol. The van der Waals surface area contributed by atoms with Gasteiger partial charge in [0.1, 0.15) is 0 Å². The molecule has 106 valence electrons. The summed E-state index contributed by atoms with van der Waals surface area (Å²) in [6.45, 7) is 2.16. The molecule has 1 saturated heterocycles. The van der Waals surface area contributed by atoms with E-state index in [9.17, 15) is 0 Å². The average molecular weight is 272 g/mol. The Morgan fingerprint density at radius 2 is 2.05 bits per heavy atom. The number of nitrogens with zero attached hydrogens (tertiary/aromatic N) is 5. The second kappa shape index (κ2) is 6.00. The first-order chi connectivity index (χ1) is 9.86. The number of rotatable bonds is 3. The van der Waals surface area contributed by atoms with E-state index >= 15 is 0 Å². The summed E-state index contributed by atoms with van der Waals surface area (Å²) in [5.74, 6) is 0.808. The van der Waals surface area contributed by atoms with Crippen LogP contribution < -0.4 is 10.2 Å². The normalized spacial score (nSPS) is 19.6. The van der Waals surface area contributed by atoms with Crippen LogP contribution in [0.15, 0.2) is 30.3 Å². The molecule has 1 atom stereocenters. The van der Waals surface area contributed by atoms with Gasteiger partial charge in [-0.25, -0.2) is 0 Å². The predicted octanol–water partition coefficient (Wildman–Crippen LogP) is 1.24. The van der Waals surface area contributed by atoms with Gasteiger partial charge in [-0.2, -0.15) is 4.68 Å². The van der Waals surface area contributed by atoms with E-state index in [2.05, 4.69) is 32.8 Å². The third kappa shape index (κ3) is 2.65. The van der Waals surface area contributed by atoms with Crippen molar-refractivity contribution in [1.82, 2.24) is 25.5 Å². The number of aromatic nitrogens is 4. The molecule has 2 aromatic rings. The fourth-order valence-corrected chi connectivity index (χ4v) is 2.69. The molecule has 1 N–H and O–H groups in total. The quantitative estimate of drug-likeness (QED) is 0.911. The first-order valence-electron chi connectivity index (χ1n) is 7.13. The van der Waals surface area contributed by atoms with E-state index < -0.39 is 0 Å². The average Bonchev–Trinajstić information content (AvgIpc) is 2.82. The minimum atomic E-state index is 0.485. The minimum Gasteiger partial charge on any atom is -0.339 e. The molecule has 0 aliphatic carbocycles. The summed E-state index contributed by atoms with van der Waals surface area (Å²) >= 11 is 0. The highest BCUT2D eigenvalue weighted by Crippen LogP contribution is 2.20. The molecular weight excluding hydrogens is 252 g/mol. The van der Waals surface area contributed by atoms with Gasteiger partial charge in [0.15, 0.2) is 0 Å². The number of hydrogen-bond acceptors (Lipinski definition) is 5. The Kier molecular flexibility index (Phi) is 3.92. The molecule has 1 aliphatic heterocycles. The van der Waals surface area contributed by atoms with Gasteiger partial charge in [-0.15, -0.1) is 0 Å². The number of tetrazole rings is 1. The van der Waals surface area contributed by atoms with Gasteiger partial charge >= 0.3 is 0 Å². The summed E-state index contributed by atoms with van der Waals surface area (Å²) in [4.78, 5) is 2.21. The number of para-hydroxylation sites is 1. The molecule has 0 spiro atoms. The van der Waals surface area contributed by atoms with Crippen molar-refractivity contribution in [2.24, 2.45) is 0 Å². The highest BCUT2D eigenvalue weighted by atomic mass is 15.6. The minimum absolute atomic E-state index is 0.485. The fourth-order valence-electron chi connectivity index (χ4n) is 2.69. The van der Waals surface area contributed by atoms with Crippen molar-refractivity contribution < 1.29 is 0 Å². The van der Waals surface area contributed by atoms with Crippen molar-refractivity contribution in [2.75, 3.05) is 25.0 Å². The topological polar surface area (TPSA) is 58.9 Å². The highest BCUT2D eigenvalue weighted by molar-refractivity contribution is 5.40. The van der Waals surface area contributed by atoms with Crippen LogP contribution in [0.3, 0.4) is 0 Å². The molecule has 6 nitrogen and oxygen atoms in total. The van der Waals surface area contributed by atoms with Crippen LogP contribution in [0.2, 0.25) is 0 Å². The van der Waals surface area contributed by atoms with Crippen LogP contribution in [0, 0.1) is 0 Å². The van der Waals surface area contributed by atoms with E-state index in [1.807, 2.05) is 30.3 Å². The molecule has 6 heteroatoms. The first-order valence-corrected chi connectivity index (χ1v) is 7.13. The Labute approximate surface area is 118 Å².